The fraction of sp³-hybridized carbons (Fsp3) is 0.600. The average molecular weight is 136 g/mol. The van der Waals surface area contributed by atoms with Gasteiger partial charge in [0.15, 0.2) is 0 Å². The summed E-state index contributed by atoms with van der Waals surface area (Å²) in [4.78, 5) is 0. The van der Waals surface area contributed by atoms with Gasteiger partial charge in [0, 0.05) is 0 Å². The van der Waals surface area contributed by atoms with Gasteiger partial charge in [-0.25, -0.2) is 0 Å². The van der Waals surface area contributed by atoms with Gasteiger partial charge in [0.2, 0.25) is 0 Å². The Morgan fingerprint density at radius 3 is 2.70 bits per heavy atom. The van der Waals surface area contributed by atoms with E-state index in [9.17, 15) is 0 Å². The lowest BCUT2D eigenvalue weighted by molar-refractivity contribution is 0.389. The molecule has 1 aliphatic carbocycles. The highest BCUT2D eigenvalue weighted by atomic mass is 14.2. The second kappa shape index (κ2) is 3.05. The molecule has 0 amide bonds. The Morgan fingerprint density at radius 2 is 2.20 bits per heavy atom. The zero-order valence-electron chi connectivity index (χ0n) is 6.93. The van der Waals surface area contributed by atoms with Gasteiger partial charge in [-0.2, -0.15) is 0 Å². The number of hydrogen-bond donors (Lipinski definition) is 0. The number of allylic oxidation sites excluding steroid dienone is 4. The third-order valence-corrected chi connectivity index (χ3v) is 2.15. The zero-order valence-corrected chi connectivity index (χ0v) is 6.93. The Bertz CT molecular complexity index is 153. The van der Waals surface area contributed by atoms with Gasteiger partial charge in [0.05, 0.1) is 0 Å². The molecule has 0 bridgehead atoms. The summed E-state index contributed by atoms with van der Waals surface area (Å²) in [6.45, 7) is 4.58. The lowest BCUT2D eigenvalue weighted by Crippen LogP contribution is -2.12. The van der Waals surface area contributed by atoms with Crippen molar-refractivity contribution in [3.05, 3.63) is 24.3 Å². The Morgan fingerprint density at radius 1 is 1.40 bits per heavy atom. The Labute approximate surface area is 63.6 Å². The van der Waals surface area contributed by atoms with Crippen LogP contribution < -0.4 is 0 Å². The Balaban J connectivity index is 2.52. The van der Waals surface area contributed by atoms with E-state index in [2.05, 4.69) is 38.2 Å². The molecule has 0 heteroatoms. The fourth-order valence-electron chi connectivity index (χ4n) is 1.53. The van der Waals surface area contributed by atoms with Crippen LogP contribution in [0.2, 0.25) is 0 Å². The molecule has 0 aromatic heterocycles. The van der Waals surface area contributed by atoms with Gasteiger partial charge in [0.25, 0.3) is 0 Å². The van der Waals surface area contributed by atoms with Gasteiger partial charge in [-0.05, 0) is 18.3 Å². The normalized spacial score (nSPS) is 31.0. The van der Waals surface area contributed by atoms with E-state index in [4.69, 9.17) is 0 Å². The molecule has 0 N–H and O–H groups in total. The molecule has 1 unspecified atom stereocenters. The van der Waals surface area contributed by atoms with Gasteiger partial charge >= 0.3 is 0 Å². The van der Waals surface area contributed by atoms with Crippen molar-refractivity contribution in [1.29, 1.82) is 0 Å². The summed E-state index contributed by atoms with van der Waals surface area (Å²) < 4.78 is 0. The highest BCUT2D eigenvalue weighted by molar-refractivity contribution is 5.15. The van der Waals surface area contributed by atoms with Crippen LogP contribution >= 0.6 is 0 Å². The van der Waals surface area contributed by atoms with Crippen molar-refractivity contribution in [2.75, 3.05) is 0 Å². The predicted octanol–water partition coefficient (Wildman–Crippen LogP) is 3.31. The molecule has 0 aromatic carbocycles. The van der Waals surface area contributed by atoms with Gasteiger partial charge in [-0.3, -0.25) is 0 Å². The smallest absolute Gasteiger partial charge is 0.0109 e. The molecule has 0 fully saturated rings. The summed E-state index contributed by atoms with van der Waals surface area (Å²) in [5.74, 6) is 0. The summed E-state index contributed by atoms with van der Waals surface area (Å²) in [6.07, 6.45) is 12.7. The molecule has 1 aliphatic rings. The first-order valence-corrected chi connectivity index (χ1v) is 4.11. The second-order valence-electron chi connectivity index (χ2n) is 3.40. The van der Waals surface area contributed by atoms with E-state index in [1.807, 2.05) is 0 Å². The highest BCUT2D eigenvalue weighted by Crippen LogP contribution is 2.31. The van der Waals surface area contributed by atoms with Crippen molar-refractivity contribution in [2.45, 2.75) is 33.1 Å². The van der Waals surface area contributed by atoms with Crippen LogP contribution in [0.25, 0.3) is 0 Å². The van der Waals surface area contributed by atoms with Gasteiger partial charge in [-0.15, -0.1) is 0 Å². The Kier molecular flexibility index (Phi) is 2.31. The first kappa shape index (κ1) is 7.59. The van der Waals surface area contributed by atoms with Crippen LogP contribution in [0.1, 0.15) is 33.1 Å². The molecule has 0 radical (unpaired) electrons. The highest BCUT2D eigenvalue weighted by Gasteiger charge is 2.18. The summed E-state index contributed by atoms with van der Waals surface area (Å²) in [6, 6.07) is 0. The molecule has 0 saturated carbocycles. The molecule has 0 nitrogen and oxygen atoms in total. The molecule has 0 spiro atoms. The van der Waals surface area contributed by atoms with E-state index in [0.29, 0.717) is 5.41 Å². The van der Waals surface area contributed by atoms with Crippen LogP contribution in [0, 0.1) is 5.41 Å². The minimum atomic E-state index is 0.462. The molecule has 0 aromatic rings. The molecule has 0 heterocycles. The van der Waals surface area contributed by atoms with Gasteiger partial charge < -0.3 is 0 Å². The van der Waals surface area contributed by atoms with E-state index < -0.39 is 0 Å². The lowest BCUT2D eigenvalue weighted by Gasteiger charge is -2.25. The Hall–Kier alpha value is -0.520. The van der Waals surface area contributed by atoms with E-state index >= 15 is 0 Å². The van der Waals surface area contributed by atoms with Crippen molar-refractivity contribution in [3.8, 4) is 0 Å². The topological polar surface area (TPSA) is 0 Å². The SMILES string of the molecule is CCCC1(C)C=CC=CC1. The summed E-state index contributed by atoms with van der Waals surface area (Å²) in [5, 5.41) is 0. The zero-order chi connectivity index (χ0) is 7.45. The monoisotopic (exact) mass is 136 g/mol. The van der Waals surface area contributed by atoms with E-state index in [0.717, 1.165) is 0 Å². The average Bonchev–Trinajstić information content (AvgIpc) is 1.89. The molecule has 56 valence electrons. The first-order valence-electron chi connectivity index (χ1n) is 4.11. The fourth-order valence-corrected chi connectivity index (χ4v) is 1.53. The van der Waals surface area contributed by atoms with Crippen molar-refractivity contribution in [1.82, 2.24) is 0 Å². The minimum absolute atomic E-state index is 0.462. The minimum Gasteiger partial charge on any atom is -0.0837 e. The van der Waals surface area contributed by atoms with Crippen molar-refractivity contribution in [2.24, 2.45) is 5.41 Å². The maximum absolute atomic E-state index is 2.33. The molecular weight excluding hydrogens is 120 g/mol. The van der Waals surface area contributed by atoms with Crippen LogP contribution in [-0.2, 0) is 0 Å². The van der Waals surface area contributed by atoms with E-state index in [1.165, 1.54) is 19.3 Å². The van der Waals surface area contributed by atoms with Crippen LogP contribution in [0.15, 0.2) is 24.3 Å². The third kappa shape index (κ3) is 1.73. The van der Waals surface area contributed by atoms with Crippen LogP contribution in [0.3, 0.4) is 0 Å². The summed E-state index contributed by atoms with van der Waals surface area (Å²) in [7, 11) is 0. The van der Waals surface area contributed by atoms with Gasteiger partial charge in [0.1, 0.15) is 0 Å². The first-order chi connectivity index (χ1) is 4.77. The number of hydrogen-bond acceptors (Lipinski definition) is 0. The van der Waals surface area contributed by atoms with Crippen molar-refractivity contribution >= 4 is 0 Å². The van der Waals surface area contributed by atoms with E-state index in [1.54, 1.807) is 0 Å². The summed E-state index contributed by atoms with van der Waals surface area (Å²) in [5.41, 5.74) is 0.462. The molecule has 1 rings (SSSR count). The molecule has 0 aliphatic heterocycles. The predicted molar refractivity (Wildman–Crippen MR) is 45.9 cm³/mol. The standard InChI is InChI=1S/C10H16/c1-3-7-10(2)8-5-4-6-9-10/h4-6,8H,3,7,9H2,1-2H3. The molecule has 10 heavy (non-hydrogen) atoms. The quantitative estimate of drug-likeness (QED) is 0.546. The van der Waals surface area contributed by atoms with Gasteiger partial charge in [-0.1, -0.05) is 44.6 Å². The maximum atomic E-state index is 2.33. The van der Waals surface area contributed by atoms with Crippen molar-refractivity contribution < 1.29 is 0 Å². The third-order valence-electron chi connectivity index (χ3n) is 2.15. The number of rotatable bonds is 2. The molecule has 0 saturated heterocycles. The summed E-state index contributed by atoms with van der Waals surface area (Å²) >= 11 is 0. The molecule has 1 atom stereocenters. The van der Waals surface area contributed by atoms with Crippen LogP contribution in [0.5, 0.6) is 0 Å². The lowest BCUT2D eigenvalue weighted by atomic mass is 9.80. The van der Waals surface area contributed by atoms with Crippen LogP contribution in [0.4, 0.5) is 0 Å². The molecular formula is C10H16. The van der Waals surface area contributed by atoms with Crippen LogP contribution in [-0.4, -0.2) is 0 Å². The largest absolute Gasteiger partial charge is 0.0837 e. The van der Waals surface area contributed by atoms with E-state index in [-0.39, 0.29) is 0 Å². The second-order valence-corrected chi connectivity index (χ2v) is 3.40. The maximum Gasteiger partial charge on any atom is -0.0109 e. The van der Waals surface area contributed by atoms with Crippen molar-refractivity contribution in [3.63, 3.8) is 0 Å².